The van der Waals surface area contributed by atoms with Crippen LogP contribution in [0.1, 0.15) is 46.5 Å². The summed E-state index contributed by atoms with van der Waals surface area (Å²) >= 11 is 5.44. The van der Waals surface area contributed by atoms with E-state index < -0.39 is 38.4 Å². The Balaban J connectivity index is 1.78. The minimum Gasteiger partial charge on any atom is -0.335 e. The van der Waals surface area contributed by atoms with E-state index in [1.807, 2.05) is 13.8 Å². The molecule has 0 N–H and O–H groups in total. The van der Waals surface area contributed by atoms with Gasteiger partial charge in [-0.25, -0.2) is 8.42 Å². The number of carbonyl (C=O) groups is 1. The molecule has 0 radical (unpaired) electrons. The molecule has 30 heavy (non-hydrogen) atoms. The summed E-state index contributed by atoms with van der Waals surface area (Å²) in [7, 11) is -3.71. The summed E-state index contributed by atoms with van der Waals surface area (Å²) < 4.78 is 55.3. The van der Waals surface area contributed by atoms with Crippen LogP contribution in [0.5, 0.6) is 0 Å². The molecule has 0 aromatic carbocycles. The predicted molar refractivity (Wildman–Crippen MR) is 110 cm³/mol. The fourth-order valence-corrected chi connectivity index (χ4v) is 6.81. The Bertz CT molecular complexity index is 907. The number of anilines is 1. The second-order valence-electron chi connectivity index (χ2n) is 8.52. The number of piperazine rings is 1. The molecule has 1 saturated carbocycles. The molecule has 1 aliphatic heterocycles. The van der Waals surface area contributed by atoms with E-state index in [2.05, 4.69) is 9.97 Å². The Morgan fingerprint density at radius 1 is 1.20 bits per heavy atom. The highest BCUT2D eigenvalue weighted by Crippen LogP contribution is 2.41. The van der Waals surface area contributed by atoms with Crippen LogP contribution in [0.15, 0.2) is 0 Å². The SMILES string of the molecule is CC(C)[C@@]1(CS(=O)(=O)N2CCN(c3nc(F)c(Cl)c(F)n3)[C@H](C)C2)CCCCC1=O. The molecule has 2 aliphatic rings. The molecule has 0 spiro atoms. The van der Waals surface area contributed by atoms with Crippen LogP contribution < -0.4 is 4.90 Å². The maximum Gasteiger partial charge on any atom is 0.239 e. The Hall–Kier alpha value is -1.39. The van der Waals surface area contributed by atoms with E-state index in [-0.39, 0.29) is 43.0 Å². The lowest BCUT2D eigenvalue weighted by Crippen LogP contribution is -2.56. The smallest absolute Gasteiger partial charge is 0.239 e. The summed E-state index contributed by atoms with van der Waals surface area (Å²) in [6.07, 6.45) is 2.64. The molecule has 1 saturated heterocycles. The molecule has 2 heterocycles. The normalized spacial score (nSPS) is 26.4. The van der Waals surface area contributed by atoms with Crippen LogP contribution in [-0.2, 0) is 14.8 Å². The van der Waals surface area contributed by atoms with Crippen molar-refractivity contribution >= 4 is 33.4 Å². The molecule has 11 heteroatoms. The topological polar surface area (TPSA) is 83.5 Å². The predicted octanol–water partition coefficient (Wildman–Crippen LogP) is 3.03. The van der Waals surface area contributed by atoms with Crippen molar-refractivity contribution in [1.82, 2.24) is 14.3 Å². The molecule has 0 bridgehead atoms. The summed E-state index contributed by atoms with van der Waals surface area (Å²) in [6, 6.07) is -0.412. The van der Waals surface area contributed by atoms with E-state index in [1.54, 1.807) is 11.8 Å². The lowest BCUT2D eigenvalue weighted by molar-refractivity contribution is -0.132. The average Bonchev–Trinajstić information content (AvgIpc) is 2.67. The highest BCUT2D eigenvalue weighted by Gasteiger charge is 2.47. The number of aromatic nitrogens is 2. The maximum atomic E-state index is 13.7. The van der Waals surface area contributed by atoms with Crippen molar-refractivity contribution in [3.05, 3.63) is 16.9 Å². The Morgan fingerprint density at radius 2 is 1.83 bits per heavy atom. The zero-order valence-corrected chi connectivity index (χ0v) is 18.9. The average molecular weight is 465 g/mol. The molecule has 2 fully saturated rings. The number of halogens is 3. The molecular weight excluding hydrogens is 438 g/mol. The van der Waals surface area contributed by atoms with Gasteiger partial charge in [0.25, 0.3) is 0 Å². The number of hydrogen-bond acceptors (Lipinski definition) is 6. The van der Waals surface area contributed by atoms with Crippen LogP contribution >= 0.6 is 11.6 Å². The van der Waals surface area contributed by atoms with Gasteiger partial charge in [-0.05, 0) is 25.7 Å². The first-order valence-electron chi connectivity index (χ1n) is 10.1. The summed E-state index contributed by atoms with van der Waals surface area (Å²) in [4.78, 5) is 21.5. The van der Waals surface area contributed by atoms with E-state index in [4.69, 9.17) is 11.6 Å². The first kappa shape index (κ1) is 23.3. The molecule has 2 atom stereocenters. The molecule has 0 amide bonds. The molecule has 168 valence electrons. The number of Topliss-reactive ketones (excluding diaryl/α,β-unsaturated/α-hetero) is 1. The number of nitrogens with zero attached hydrogens (tertiary/aromatic N) is 4. The number of rotatable bonds is 5. The fraction of sp³-hybridized carbons (Fsp3) is 0.737. The van der Waals surface area contributed by atoms with Crippen LogP contribution in [0.4, 0.5) is 14.7 Å². The number of ketones is 1. The molecular formula is C19H27ClF2N4O3S. The monoisotopic (exact) mass is 464 g/mol. The van der Waals surface area contributed by atoms with Gasteiger partial charge in [0.15, 0.2) is 5.02 Å². The first-order valence-corrected chi connectivity index (χ1v) is 12.1. The fourth-order valence-electron chi connectivity index (χ4n) is 4.45. The van der Waals surface area contributed by atoms with E-state index in [9.17, 15) is 22.0 Å². The van der Waals surface area contributed by atoms with Gasteiger partial charge in [0.05, 0.1) is 5.75 Å². The van der Waals surface area contributed by atoms with Crippen molar-refractivity contribution in [3.8, 4) is 0 Å². The third-order valence-electron chi connectivity index (χ3n) is 6.38. The van der Waals surface area contributed by atoms with Gasteiger partial charge in [-0.2, -0.15) is 23.1 Å². The summed E-state index contributed by atoms with van der Waals surface area (Å²) in [6.45, 7) is 5.94. The van der Waals surface area contributed by atoms with Crippen molar-refractivity contribution in [2.45, 2.75) is 52.5 Å². The third-order valence-corrected chi connectivity index (χ3v) is 8.69. The van der Waals surface area contributed by atoms with Crippen molar-refractivity contribution in [2.24, 2.45) is 11.3 Å². The van der Waals surface area contributed by atoms with Crippen LogP contribution in [0.3, 0.4) is 0 Å². The minimum atomic E-state index is -3.71. The van der Waals surface area contributed by atoms with Crippen molar-refractivity contribution in [1.29, 1.82) is 0 Å². The number of sulfonamides is 1. The number of carbonyl (C=O) groups excluding carboxylic acids is 1. The standard InChI is InChI=1S/C19H27ClF2N4O3S/c1-12(2)19(7-5-4-6-14(19)27)11-30(28,29)25-8-9-26(13(3)10-25)18-23-16(21)15(20)17(22)24-18/h12-13H,4-11H2,1-3H3/t13-,19+/m1/s1. The van der Waals surface area contributed by atoms with Gasteiger partial charge in [0.2, 0.25) is 27.9 Å². The zero-order chi connectivity index (χ0) is 22.3. The van der Waals surface area contributed by atoms with Crippen LogP contribution in [0, 0.1) is 23.2 Å². The molecule has 0 unspecified atom stereocenters. The Kier molecular flexibility index (Phi) is 6.69. The summed E-state index contributed by atoms with van der Waals surface area (Å²) in [5, 5.41) is -0.774. The first-order chi connectivity index (χ1) is 14.0. The van der Waals surface area contributed by atoms with Crippen molar-refractivity contribution in [3.63, 3.8) is 0 Å². The summed E-state index contributed by atoms with van der Waals surface area (Å²) in [5.41, 5.74) is -0.858. The van der Waals surface area contributed by atoms with Gasteiger partial charge < -0.3 is 4.90 Å². The third kappa shape index (κ3) is 4.31. The van der Waals surface area contributed by atoms with Gasteiger partial charge in [0, 0.05) is 37.5 Å². The van der Waals surface area contributed by atoms with Gasteiger partial charge in [0.1, 0.15) is 5.78 Å². The lowest BCUT2D eigenvalue weighted by atomic mass is 9.67. The van der Waals surface area contributed by atoms with E-state index in [0.29, 0.717) is 12.8 Å². The minimum absolute atomic E-state index is 0.0273. The van der Waals surface area contributed by atoms with Gasteiger partial charge in [-0.15, -0.1) is 0 Å². The molecule has 1 aromatic heterocycles. The van der Waals surface area contributed by atoms with E-state index in [0.717, 1.165) is 12.8 Å². The van der Waals surface area contributed by atoms with Crippen LogP contribution in [0.25, 0.3) is 0 Å². The summed E-state index contributed by atoms with van der Waals surface area (Å²) in [5.74, 6) is -2.73. The maximum absolute atomic E-state index is 13.7. The lowest BCUT2D eigenvalue weighted by Gasteiger charge is -2.43. The van der Waals surface area contributed by atoms with Crippen LogP contribution in [-0.4, -0.2) is 59.9 Å². The van der Waals surface area contributed by atoms with Gasteiger partial charge >= 0.3 is 0 Å². The van der Waals surface area contributed by atoms with E-state index in [1.165, 1.54) is 4.31 Å². The van der Waals surface area contributed by atoms with Crippen molar-refractivity contribution < 1.29 is 22.0 Å². The molecule has 1 aliphatic carbocycles. The Morgan fingerprint density at radius 3 is 2.37 bits per heavy atom. The van der Waals surface area contributed by atoms with Gasteiger partial charge in [-0.1, -0.05) is 31.9 Å². The quantitative estimate of drug-likeness (QED) is 0.623. The highest BCUT2D eigenvalue weighted by atomic mass is 35.5. The molecule has 1 aromatic rings. The molecule has 7 nitrogen and oxygen atoms in total. The van der Waals surface area contributed by atoms with Crippen molar-refractivity contribution in [2.75, 3.05) is 30.3 Å². The second kappa shape index (κ2) is 8.63. The van der Waals surface area contributed by atoms with Gasteiger partial charge in [-0.3, -0.25) is 4.79 Å². The molecule has 3 rings (SSSR count). The number of hydrogen-bond donors (Lipinski definition) is 0. The zero-order valence-electron chi connectivity index (χ0n) is 17.4. The van der Waals surface area contributed by atoms with E-state index >= 15 is 0 Å². The largest absolute Gasteiger partial charge is 0.335 e. The second-order valence-corrected chi connectivity index (χ2v) is 10.9. The highest BCUT2D eigenvalue weighted by molar-refractivity contribution is 7.89. The van der Waals surface area contributed by atoms with Crippen LogP contribution in [0.2, 0.25) is 5.02 Å². The Labute approximate surface area is 180 Å².